The van der Waals surface area contributed by atoms with E-state index in [-0.39, 0.29) is 46.8 Å². The number of aryl methyl sites for hydroxylation is 2. The molecule has 1 aliphatic carbocycles. The van der Waals surface area contributed by atoms with Gasteiger partial charge in [-0.25, -0.2) is 23.1 Å². The summed E-state index contributed by atoms with van der Waals surface area (Å²) in [4.78, 5) is 50.0. The van der Waals surface area contributed by atoms with Crippen LogP contribution >= 0.6 is 0 Å². The van der Waals surface area contributed by atoms with Crippen LogP contribution in [0.1, 0.15) is 111 Å². The van der Waals surface area contributed by atoms with E-state index in [4.69, 9.17) is 14.7 Å². The van der Waals surface area contributed by atoms with E-state index in [1.54, 1.807) is 61.7 Å². The number of ether oxygens (including phenoxy) is 1. The maximum atomic E-state index is 16.5. The number of fused-ring (bicyclic) bond motifs is 3. The first kappa shape index (κ1) is 44.9. The summed E-state index contributed by atoms with van der Waals surface area (Å²) in [5.74, 6) is -0.624. The Morgan fingerprint density at radius 2 is 1.70 bits per heavy atom. The van der Waals surface area contributed by atoms with E-state index in [2.05, 4.69) is 59.4 Å². The zero-order valence-corrected chi connectivity index (χ0v) is 39.9. The standard InChI is InChI=1S/C51H56F2N10O6/c1-27-19-34(20-28(2)42(27)52)63-44(60-17-16-59(48(60)66)39-12-11-38-35(43(39)53)25-54-61(38)26-49(5,6)67)41-30(4)58(15-13-36(41)56-63)45(64)40-22-33-21-31(32-14-18-68-50(7,8)24-32)9-10-37(33)62(40)51(23-29(51)3)46-55-47(65)69-57-46/h9-12,16-17,19-22,25,29-30,32,46,57,67H,13-15,18,23-24,26H2,1-8H3,(H,55,65)/t29-,30-,32?,46?,51-/m0/s1. The average Bonchev–Trinajstić information content (AvgIpc) is 3.93. The maximum absolute atomic E-state index is 16.5. The van der Waals surface area contributed by atoms with Gasteiger partial charge in [0.1, 0.15) is 23.5 Å². The van der Waals surface area contributed by atoms with E-state index in [0.717, 1.165) is 23.7 Å². The molecule has 0 bridgehead atoms. The third kappa shape index (κ3) is 7.20. The van der Waals surface area contributed by atoms with Crippen LogP contribution in [0.3, 0.4) is 0 Å². The van der Waals surface area contributed by atoms with E-state index in [0.29, 0.717) is 71.1 Å². The van der Waals surface area contributed by atoms with Crippen LogP contribution in [0, 0.1) is 31.4 Å². The number of carbonyl (C=O) groups is 2. The summed E-state index contributed by atoms with van der Waals surface area (Å²) in [6.45, 7) is 15.9. The molecule has 4 aromatic heterocycles. The Hall–Kier alpha value is -6.63. The average molecular weight is 943 g/mol. The second-order valence-electron chi connectivity index (χ2n) is 20.8. The molecule has 7 aromatic rings. The quantitative estimate of drug-likeness (QED) is 0.133. The van der Waals surface area contributed by atoms with Crippen molar-refractivity contribution < 1.29 is 33.1 Å². The molecule has 2 saturated heterocycles. The highest BCUT2D eigenvalue weighted by atomic mass is 19.1. The van der Waals surface area contributed by atoms with E-state index in [1.807, 2.05) is 13.0 Å². The van der Waals surface area contributed by atoms with E-state index < -0.39 is 40.9 Å². The second kappa shape index (κ2) is 15.7. The summed E-state index contributed by atoms with van der Waals surface area (Å²) in [5, 5.41) is 23.9. The largest absolute Gasteiger partial charge is 0.427 e. The minimum Gasteiger partial charge on any atom is -0.389 e. The van der Waals surface area contributed by atoms with Gasteiger partial charge in [0.25, 0.3) is 5.91 Å². The van der Waals surface area contributed by atoms with Crippen molar-refractivity contribution in [2.24, 2.45) is 5.92 Å². The monoisotopic (exact) mass is 942 g/mol. The minimum absolute atomic E-state index is 0.00888. The summed E-state index contributed by atoms with van der Waals surface area (Å²) >= 11 is 0. The number of benzene rings is 3. The number of nitrogens with one attached hydrogen (secondary N) is 2. The molecule has 1 saturated carbocycles. The lowest BCUT2D eigenvalue weighted by molar-refractivity contribution is -0.0592. The lowest BCUT2D eigenvalue weighted by atomic mass is 9.83. The van der Waals surface area contributed by atoms with Gasteiger partial charge in [-0.3, -0.25) is 23.9 Å². The van der Waals surface area contributed by atoms with Gasteiger partial charge in [0, 0.05) is 48.4 Å². The van der Waals surface area contributed by atoms with Crippen LogP contribution in [-0.4, -0.2) is 85.8 Å². The number of carbonyl (C=O) groups excluding carboxylic acids is 2. The van der Waals surface area contributed by atoms with Gasteiger partial charge in [0.15, 0.2) is 5.82 Å². The highest BCUT2D eigenvalue weighted by Gasteiger charge is 2.62. The first-order chi connectivity index (χ1) is 32.7. The van der Waals surface area contributed by atoms with Crippen LogP contribution < -0.4 is 16.5 Å². The van der Waals surface area contributed by atoms with Crippen molar-refractivity contribution in [2.75, 3.05) is 13.2 Å². The SMILES string of the molecule is Cc1cc(-n2nc3c(c2-n2ccn(-c4ccc5c(cnn5CC(C)(C)O)c4F)c2=O)[C@H](C)N(C(=O)c2cc4cc(C5CCOC(C)(C)C5)ccc4n2[C@@]2(C4NOC(=O)N4)C[C@@H]2C)CC3)cc(C)c1F. The van der Waals surface area contributed by atoms with Crippen molar-refractivity contribution in [2.45, 2.75) is 122 Å². The smallest absolute Gasteiger partial charge is 0.389 e. The molecular weight excluding hydrogens is 887 g/mol. The van der Waals surface area contributed by atoms with Gasteiger partial charge < -0.3 is 24.1 Å². The third-order valence-electron chi connectivity index (χ3n) is 14.9. The van der Waals surface area contributed by atoms with E-state index in [1.165, 1.54) is 37.8 Å². The van der Waals surface area contributed by atoms with Gasteiger partial charge in [0.05, 0.1) is 63.5 Å². The fraction of sp³-hybridized carbons (Fsp3) is 0.431. The molecule has 3 aliphatic heterocycles. The predicted molar refractivity (Wildman–Crippen MR) is 253 cm³/mol. The number of hydrogen-bond acceptors (Lipinski definition) is 9. The Morgan fingerprint density at radius 3 is 2.38 bits per heavy atom. The molecule has 3 N–H and O–H groups in total. The molecule has 0 spiro atoms. The fourth-order valence-electron chi connectivity index (χ4n) is 11.4. The minimum atomic E-state index is -1.10. The molecule has 4 aliphatic rings. The third-order valence-corrected chi connectivity index (χ3v) is 14.9. The molecule has 5 atom stereocenters. The lowest BCUT2D eigenvalue weighted by Gasteiger charge is -2.36. The molecule has 3 fully saturated rings. The highest BCUT2D eigenvalue weighted by molar-refractivity contribution is 6.00. The number of aliphatic hydroxyl groups is 1. The van der Waals surface area contributed by atoms with Gasteiger partial charge >= 0.3 is 11.8 Å². The van der Waals surface area contributed by atoms with Crippen LogP contribution in [0.25, 0.3) is 39.0 Å². The number of hydroxylamine groups is 1. The fourth-order valence-corrected chi connectivity index (χ4v) is 11.4. The highest BCUT2D eigenvalue weighted by Crippen LogP contribution is 2.55. The summed E-state index contributed by atoms with van der Waals surface area (Å²) < 4.78 is 45.6. The van der Waals surface area contributed by atoms with Crippen LogP contribution in [0.2, 0.25) is 0 Å². The molecular formula is C51H56F2N10O6. The molecule has 18 heteroatoms. The van der Waals surface area contributed by atoms with E-state index in [9.17, 15) is 14.7 Å². The molecule has 2 amide bonds. The van der Waals surface area contributed by atoms with Crippen molar-refractivity contribution in [3.63, 3.8) is 0 Å². The van der Waals surface area contributed by atoms with Crippen LogP contribution in [0.5, 0.6) is 0 Å². The first-order valence-electron chi connectivity index (χ1n) is 23.6. The number of hydrogen-bond donors (Lipinski definition) is 3. The Balaban J connectivity index is 1.03. The summed E-state index contributed by atoms with van der Waals surface area (Å²) in [6, 6.07) is 14.2. The lowest BCUT2D eigenvalue weighted by Crippen LogP contribution is -2.49. The van der Waals surface area contributed by atoms with Gasteiger partial charge in [-0.2, -0.15) is 10.2 Å². The Morgan fingerprint density at radius 1 is 0.971 bits per heavy atom. The number of nitrogens with zero attached hydrogens (tertiary/aromatic N) is 8. The molecule has 360 valence electrons. The molecule has 11 rings (SSSR count). The molecule has 0 radical (unpaired) electrons. The molecule has 7 heterocycles. The predicted octanol–water partition coefficient (Wildman–Crippen LogP) is 7.52. The van der Waals surface area contributed by atoms with Crippen LogP contribution in [0.4, 0.5) is 13.6 Å². The zero-order chi connectivity index (χ0) is 48.6. The van der Waals surface area contributed by atoms with Gasteiger partial charge in [0.2, 0.25) is 0 Å². The Bertz CT molecular complexity index is 3310. The maximum Gasteiger partial charge on any atom is 0.427 e. The molecule has 3 aromatic carbocycles. The Labute approximate surface area is 396 Å². The first-order valence-corrected chi connectivity index (χ1v) is 23.6. The Kier molecular flexibility index (Phi) is 10.2. The second-order valence-corrected chi connectivity index (χ2v) is 20.8. The van der Waals surface area contributed by atoms with Gasteiger partial charge in [-0.05, 0) is 139 Å². The van der Waals surface area contributed by atoms with Gasteiger partial charge in [-0.15, -0.1) is 5.48 Å². The summed E-state index contributed by atoms with van der Waals surface area (Å²) in [5.41, 5.74) is 5.65. The molecule has 69 heavy (non-hydrogen) atoms. The summed E-state index contributed by atoms with van der Waals surface area (Å²) in [7, 11) is 0. The number of halogens is 2. The van der Waals surface area contributed by atoms with E-state index >= 15 is 13.6 Å². The van der Waals surface area contributed by atoms with Crippen LogP contribution in [0.15, 0.2) is 71.9 Å². The number of rotatable bonds is 9. The number of imidazole rings is 1. The van der Waals surface area contributed by atoms with Crippen molar-refractivity contribution in [3.05, 3.63) is 123 Å². The van der Waals surface area contributed by atoms with Crippen molar-refractivity contribution in [3.8, 4) is 17.2 Å². The van der Waals surface area contributed by atoms with Crippen molar-refractivity contribution >= 4 is 33.8 Å². The molecule has 16 nitrogen and oxygen atoms in total. The van der Waals surface area contributed by atoms with Crippen LogP contribution in [-0.2, 0) is 28.1 Å². The number of aromatic nitrogens is 7. The van der Waals surface area contributed by atoms with Crippen molar-refractivity contribution in [1.29, 1.82) is 0 Å². The molecule has 2 unspecified atom stereocenters. The zero-order valence-electron chi connectivity index (χ0n) is 39.9. The normalized spacial score (nSPS) is 23.4. The van der Waals surface area contributed by atoms with Gasteiger partial charge in [-0.1, -0.05) is 13.0 Å². The number of amides is 2. The van der Waals surface area contributed by atoms with Crippen molar-refractivity contribution in [1.82, 2.24) is 49.0 Å². The summed E-state index contributed by atoms with van der Waals surface area (Å²) in [6.07, 6.45) is 5.94. The topological polar surface area (TPSA) is 168 Å².